The number of ether oxygens (including phenoxy) is 1. The van der Waals surface area contributed by atoms with Crippen molar-refractivity contribution in [3.63, 3.8) is 0 Å². The maximum atomic E-state index is 12.6. The molecule has 2 heteroatoms. The molecule has 0 saturated heterocycles. The smallest absolute Gasteiger partial charge is 0.306 e. The Bertz CT molecular complexity index is 987. The van der Waals surface area contributed by atoms with Crippen molar-refractivity contribution in [1.29, 1.82) is 0 Å². The SMILES string of the molecule is CCCCCCCCCCCCCCCCCCOC(=O)CCc1cc(C(C)(C)C)c(-c2ccccc2)c(C(C)(C)C)c1. The Morgan fingerprint density at radius 3 is 1.44 bits per heavy atom. The van der Waals surface area contributed by atoms with Crippen LogP contribution in [0.15, 0.2) is 42.5 Å². The fraction of sp³-hybridized carbons (Fsp3) is 0.683. The molecular formula is C41H66O2. The first-order valence-corrected chi connectivity index (χ1v) is 17.9. The summed E-state index contributed by atoms with van der Waals surface area (Å²) in [4.78, 5) is 12.6. The van der Waals surface area contributed by atoms with E-state index in [1.165, 1.54) is 118 Å². The lowest BCUT2D eigenvalue weighted by Crippen LogP contribution is -2.20. The zero-order chi connectivity index (χ0) is 31.6. The summed E-state index contributed by atoms with van der Waals surface area (Å²) in [6.07, 6.45) is 22.8. The van der Waals surface area contributed by atoms with Crippen molar-refractivity contribution < 1.29 is 9.53 Å². The van der Waals surface area contributed by atoms with E-state index in [0.717, 1.165) is 19.3 Å². The van der Waals surface area contributed by atoms with Crippen LogP contribution in [0, 0.1) is 0 Å². The number of rotatable bonds is 21. The molecule has 0 atom stereocenters. The predicted molar refractivity (Wildman–Crippen MR) is 188 cm³/mol. The van der Waals surface area contributed by atoms with Gasteiger partial charge in [-0.05, 0) is 51.5 Å². The third-order valence-electron chi connectivity index (χ3n) is 8.76. The van der Waals surface area contributed by atoms with Gasteiger partial charge in [0.1, 0.15) is 0 Å². The summed E-state index contributed by atoms with van der Waals surface area (Å²) >= 11 is 0. The molecule has 0 saturated carbocycles. The van der Waals surface area contributed by atoms with E-state index in [4.69, 9.17) is 4.74 Å². The van der Waals surface area contributed by atoms with Crippen molar-refractivity contribution in [2.75, 3.05) is 6.61 Å². The van der Waals surface area contributed by atoms with E-state index in [0.29, 0.717) is 13.0 Å². The Hall–Kier alpha value is -2.09. The lowest BCUT2D eigenvalue weighted by atomic mass is 9.73. The van der Waals surface area contributed by atoms with Crippen LogP contribution in [-0.4, -0.2) is 12.6 Å². The highest BCUT2D eigenvalue weighted by Gasteiger charge is 2.27. The summed E-state index contributed by atoms with van der Waals surface area (Å²) in [5.74, 6) is -0.0669. The van der Waals surface area contributed by atoms with Crippen molar-refractivity contribution in [1.82, 2.24) is 0 Å². The van der Waals surface area contributed by atoms with E-state index in [9.17, 15) is 4.79 Å². The summed E-state index contributed by atoms with van der Waals surface area (Å²) in [5, 5.41) is 0. The first-order chi connectivity index (χ1) is 20.5. The molecule has 0 amide bonds. The van der Waals surface area contributed by atoms with E-state index < -0.39 is 0 Å². The molecule has 242 valence electrons. The number of esters is 1. The largest absolute Gasteiger partial charge is 0.466 e. The molecular weight excluding hydrogens is 524 g/mol. The summed E-state index contributed by atoms with van der Waals surface area (Å²) in [5.41, 5.74) is 6.53. The second-order valence-corrected chi connectivity index (χ2v) is 15.0. The average molecular weight is 591 g/mol. The lowest BCUT2D eigenvalue weighted by molar-refractivity contribution is -0.143. The van der Waals surface area contributed by atoms with E-state index >= 15 is 0 Å². The molecule has 0 aliphatic carbocycles. The predicted octanol–water partition coefficient (Wildman–Crippen LogP) is 12.7. The number of carbonyl (C=O) groups excluding carboxylic acids is 1. The van der Waals surface area contributed by atoms with E-state index in [2.05, 4.69) is 90.9 Å². The standard InChI is InChI=1S/C41H66O2/c1-8-9-10-11-12-13-14-15-16-17-18-19-20-21-22-26-31-43-38(42)30-29-34-32-36(40(2,3)4)39(35-27-24-23-25-28-35)37(33-34)41(5,6)7/h23-25,27-28,32-33H,8-22,26,29-31H2,1-7H3. The highest BCUT2D eigenvalue weighted by molar-refractivity contribution is 5.75. The van der Waals surface area contributed by atoms with Crippen molar-refractivity contribution in [3.8, 4) is 11.1 Å². The fourth-order valence-electron chi connectivity index (χ4n) is 6.10. The second kappa shape index (κ2) is 20.0. The minimum atomic E-state index is -0.0669. The third-order valence-corrected chi connectivity index (χ3v) is 8.76. The molecule has 0 aliphatic rings. The molecule has 2 nitrogen and oxygen atoms in total. The van der Waals surface area contributed by atoms with E-state index in [1.54, 1.807) is 0 Å². The van der Waals surface area contributed by atoms with Crippen LogP contribution in [0.3, 0.4) is 0 Å². The molecule has 0 bridgehead atoms. The molecule has 0 N–H and O–H groups in total. The summed E-state index contributed by atoms with van der Waals surface area (Å²) in [6, 6.07) is 15.4. The summed E-state index contributed by atoms with van der Waals surface area (Å²) < 4.78 is 5.63. The molecule has 2 aromatic rings. The van der Waals surface area contributed by atoms with Gasteiger partial charge in [-0.1, -0.05) is 187 Å². The lowest BCUT2D eigenvalue weighted by Gasteiger charge is -2.31. The van der Waals surface area contributed by atoms with Gasteiger partial charge in [0, 0.05) is 6.42 Å². The monoisotopic (exact) mass is 591 g/mol. The Labute approximate surface area is 266 Å². The van der Waals surface area contributed by atoms with Crippen molar-refractivity contribution in [3.05, 3.63) is 59.2 Å². The van der Waals surface area contributed by atoms with Gasteiger partial charge in [-0.15, -0.1) is 0 Å². The number of benzene rings is 2. The minimum absolute atomic E-state index is 0.00503. The quantitative estimate of drug-likeness (QED) is 0.107. The van der Waals surface area contributed by atoms with Crippen LogP contribution in [0.5, 0.6) is 0 Å². The molecule has 0 fully saturated rings. The van der Waals surface area contributed by atoms with Crippen molar-refractivity contribution >= 4 is 5.97 Å². The van der Waals surface area contributed by atoms with Gasteiger partial charge in [0.2, 0.25) is 0 Å². The van der Waals surface area contributed by atoms with Crippen LogP contribution in [-0.2, 0) is 26.8 Å². The molecule has 0 spiro atoms. The zero-order valence-electron chi connectivity index (χ0n) is 29.3. The maximum Gasteiger partial charge on any atom is 0.306 e. The molecule has 0 aliphatic heterocycles. The zero-order valence-corrected chi connectivity index (χ0v) is 29.3. The number of hydrogen-bond donors (Lipinski definition) is 0. The fourth-order valence-corrected chi connectivity index (χ4v) is 6.10. The molecule has 0 aromatic heterocycles. The van der Waals surface area contributed by atoms with Gasteiger partial charge < -0.3 is 4.74 Å². The van der Waals surface area contributed by atoms with Gasteiger partial charge in [-0.2, -0.15) is 0 Å². The molecule has 0 unspecified atom stereocenters. The Morgan fingerprint density at radius 1 is 0.605 bits per heavy atom. The highest BCUT2D eigenvalue weighted by Crippen LogP contribution is 2.41. The van der Waals surface area contributed by atoms with Gasteiger partial charge >= 0.3 is 5.97 Å². The van der Waals surface area contributed by atoms with Gasteiger partial charge in [0.25, 0.3) is 0 Å². The molecule has 2 aromatic carbocycles. The molecule has 0 radical (unpaired) electrons. The Balaban J connectivity index is 1.67. The minimum Gasteiger partial charge on any atom is -0.466 e. The molecule has 0 heterocycles. The molecule has 2 rings (SSSR count). The number of carbonyl (C=O) groups is 1. The van der Waals surface area contributed by atoms with E-state index in [1.807, 2.05) is 0 Å². The van der Waals surface area contributed by atoms with Crippen LogP contribution in [0.1, 0.15) is 174 Å². The first-order valence-electron chi connectivity index (χ1n) is 17.9. The van der Waals surface area contributed by atoms with Crippen molar-refractivity contribution in [2.24, 2.45) is 0 Å². The second-order valence-electron chi connectivity index (χ2n) is 15.0. The van der Waals surface area contributed by atoms with Gasteiger partial charge in [-0.3, -0.25) is 4.79 Å². The van der Waals surface area contributed by atoms with Crippen LogP contribution in [0.25, 0.3) is 11.1 Å². The third kappa shape index (κ3) is 15.0. The topological polar surface area (TPSA) is 26.3 Å². The summed E-state index contributed by atoms with van der Waals surface area (Å²) in [6.45, 7) is 16.6. The van der Waals surface area contributed by atoms with E-state index in [-0.39, 0.29) is 16.8 Å². The van der Waals surface area contributed by atoms with Crippen LogP contribution in [0.4, 0.5) is 0 Å². The van der Waals surface area contributed by atoms with Crippen LogP contribution >= 0.6 is 0 Å². The maximum absolute atomic E-state index is 12.6. The number of hydrogen-bond acceptors (Lipinski definition) is 2. The summed E-state index contributed by atoms with van der Waals surface area (Å²) in [7, 11) is 0. The number of aryl methyl sites for hydroxylation is 1. The van der Waals surface area contributed by atoms with Crippen molar-refractivity contribution in [2.45, 2.75) is 175 Å². The Morgan fingerprint density at radius 2 is 1.02 bits per heavy atom. The van der Waals surface area contributed by atoms with Gasteiger partial charge in [0.15, 0.2) is 0 Å². The van der Waals surface area contributed by atoms with Crippen LogP contribution in [0.2, 0.25) is 0 Å². The molecule has 43 heavy (non-hydrogen) atoms. The average Bonchev–Trinajstić information content (AvgIpc) is 2.96. The highest BCUT2D eigenvalue weighted by atomic mass is 16.5. The van der Waals surface area contributed by atoms with Gasteiger partial charge in [-0.25, -0.2) is 0 Å². The van der Waals surface area contributed by atoms with Gasteiger partial charge in [0.05, 0.1) is 6.61 Å². The first kappa shape index (κ1) is 37.1. The van der Waals surface area contributed by atoms with Crippen LogP contribution < -0.4 is 0 Å². The number of unbranched alkanes of at least 4 members (excludes halogenated alkanes) is 15. The normalized spacial score (nSPS) is 12.1. The Kier molecular flexibility index (Phi) is 17.3.